The Morgan fingerprint density at radius 1 is 1.28 bits per heavy atom. The Morgan fingerprint density at radius 2 is 2.12 bits per heavy atom. The number of hydrogen-bond donors (Lipinski definition) is 2. The summed E-state index contributed by atoms with van der Waals surface area (Å²) >= 11 is 0. The Hall–Kier alpha value is -3.27. The zero-order chi connectivity index (χ0) is 22.2. The highest BCUT2D eigenvalue weighted by Gasteiger charge is 2.30. The summed E-state index contributed by atoms with van der Waals surface area (Å²) in [5.41, 5.74) is 1.40. The van der Waals surface area contributed by atoms with Crippen LogP contribution in [-0.2, 0) is 0 Å². The Labute approximate surface area is 185 Å². The first-order valence-corrected chi connectivity index (χ1v) is 11.0. The van der Waals surface area contributed by atoms with Crippen LogP contribution in [-0.4, -0.2) is 57.0 Å². The lowest BCUT2D eigenvalue weighted by molar-refractivity contribution is 0.102. The molecule has 2 aliphatic rings. The maximum Gasteiger partial charge on any atom is 0.262 e. The number of carbonyl (C=O) groups excluding carboxylic acids is 1. The fraction of sp³-hybridized carbons (Fsp3) is 0.455. The highest BCUT2D eigenvalue weighted by Crippen LogP contribution is 2.26. The third-order valence-corrected chi connectivity index (χ3v) is 5.96. The summed E-state index contributed by atoms with van der Waals surface area (Å²) in [5.74, 6) is -0.207. The van der Waals surface area contributed by atoms with Crippen LogP contribution in [0, 0.1) is 12.7 Å². The predicted octanol–water partition coefficient (Wildman–Crippen LogP) is 2.55. The standard InChI is InChI=1S/C22H26FN7O2/c1-3-32-21-17(9-24-22(28-21)29-7-6-14-4-5-15(11-29)26-14)20(31)27-16-8-18(23)19-25-13(2)10-30(19)12-16/h8-10,12,14-15,26H,3-7,11H2,1-2H3,(H,27,31). The number of aryl methyl sites for hydroxylation is 1. The summed E-state index contributed by atoms with van der Waals surface area (Å²) in [6.07, 6.45) is 8.19. The van der Waals surface area contributed by atoms with Crippen molar-refractivity contribution < 1.29 is 13.9 Å². The average Bonchev–Trinajstić information content (AvgIpc) is 3.29. The SMILES string of the molecule is CCOc1nc(N2CCC3CCC(C2)N3)ncc1C(=O)Nc1cc(F)c2nc(C)cn2c1. The fourth-order valence-electron chi connectivity index (χ4n) is 4.48. The Morgan fingerprint density at radius 3 is 2.97 bits per heavy atom. The van der Waals surface area contributed by atoms with Gasteiger partial charge in [-0.05, 0) is 33.1 Å². The van der Waals surface area contributed by atoms with Gasteiger partial charge in [0.05, 0.1) is 18.0 Å². The molecule has 3 aromatic heterocycles. The largest absolute Gasteiger partial charge is 0.477 e. The summed E-state index contributed by atoms with van der Waals surface area (Å²) in [6, 6.07) is 2.23. The molecule has 0 aromatic carbocycles. The molecule has 5 rings (SSSR count). The second-order valence-electron chi connectivity index (χ2n) is 8.34. The lowest BCUT2D eigenvalue weighted by Gasteiger charge is -2.24. The predicted molar refractivity (Wildman–Crippen MR) is 118 cm³/mol. The molecule has 32 heavy (non-hydrogen) atoms. The van der Waals surface area contributed by atoms with Crippen molar-refractivity contribution >= 4 is 23.2 Å². The smallest absolute Gasteiger partial charge is 0.262 e. The number of halogens is 1. The topological polar surface area (TPSA) is 96.7 Å². The van der Waals surface area contributed by atoms with Gasteiger partial charge >= 0.3 is 0 Å². The molecule has 9 nitrogen and oxygen atoms in total. The van der Waals surface area contributed by atoms with Crippen LogP contribution in [0.15, 0.2) is 24.7 Å². The van der Waals surface area contributed by atoms with Gasteiger partial charge in [-0.25, -0.2) is 14.4 Å². The molecule has 2 aliphatic heterocycles. The van der Waals surface area contributed by atoms with Gasteiger partial charge in [-0.1, -0.05) is 0 Å². The van der Waals surface area contributed by atoms with Gasteiger partial charge in [-0.3, -0.25) is 4.79 Å². The molecule has 3 aromatic rings. The summed E-state index contributed by atoms with van der Waals surface area (Å²) in [6.45, 7) is 5.66. The molecule has 2 unspecified atom stereocenters. The Balaban J connectivity index is 1.39. The number of carbonyl (C=O) groups is 1. The maximum atomic E-state index is 14.4. The molecule has 5 heterocycles. The average molecular weight is 439 g/mol. The zero-order valence-corrected chi connectivity index (χ0v) is 18.1. The van der Waals surface area contributed by atoms with Crippen molar-refractivity contribution in [1.82, 2.24) is 24.7 Å². The first-order valence-electron chi connectivity index (χ1n) is 11.0. The number of nitrogens with one attached hydrogen (secondary N) is 2. The van der Waals surface area contributed by atoms with Crippen LogP contribution in [0.2, 0.25) is 0 Å². The third-order valence-electron chi connectivity index (χ3n) is 5.96. The molecule has 0 aliphatic carbocycles. The van der Waals surface area contributed by atoms with Gasteiger partial charge in [-0.15, -0.1) is 0 Å². The molecule has 2 fully saturated rings. The first-order chi connectivity index (χ1) is 15.5. The second kappa shape index (κ2) is 8.34. The highest BCUT2D eigenvalue weighted by atomic mass is 19.1. The minimum atomic E-state index is -0.517. The first kappa shape index (κ1) is 20.6. The number of fused-ring (bicyclic) bond motifs is 3. The van der Waals surface area contributed by atoms with Crippen molar-refractivity contribution in [2.45, 2.75) is 45.2 Å². The van der Waals surface area contributed by atoms with E-state index in [-0.39, 0.29) is 17.1 Å². The Bertz CT molecular complexity index is 1160. The van der Waals surface area contributed by atoms with Gasteiger partial charge in [0, 0.05) is 49.8 Å². The van der Waals surface area contributed by atoms with Crippen LogP contribution in [0.1, 0.15) is 42.2 Å². The molecule has 168 valence electrons. The van der Waals surface area contributed by atoms with Gasteiger partial charge in [-0.2, -0.15) is 4.98 Å². The number of anilines is 2. The number of ether oxygens (including phenoxy) is 1. The number of nitrogens with zero attached hydrogens (tertiary/aromatic N) is 5. The number of aromatic nitrogens is 4. The van der Waals surface area contributed by atoms with Crippen LogP contribution in [0.3, 0.4) is 0 Å². The van der Waals surface area contributed by atoms with E-state index in [4.69, 9.17) is 4.74 Å². The zero-order valence-electron chi connectivity index (χ0n) is 18.1. The van der Waals surface area contributed by atoms with Crippen molar-refractivity contribution in [3.8, 4) is 5.88 Å². The number of imidazole rings is 1. The molecule has 0 radical (unpaired) electrons. The lowest BCUT2D eigenvalue weighted by Crippen LogP contribution is -2.36. The van der Waals surface area contributed by atoms with E-state index in [1.807, 2.05) is 6.92 Å². The van der Waals surface area contributed by atoms with E-state index in [2.05, 4.69) is 30.5 Å². The van der Waals surface area contributed by atoms with Crippen LogP contribution >= 0.6 is 0 Å². The Kier molecular flexibility index (Phi) is 5.38. The number of hydrogen-bond acceptors (Lipinski definition) is 7. The summed E-state index contributed by atoms with van der Waals surface area (Å²) < 4.78 is 21.6. The quantitative estimate of drug-likeness (QED) is 0.631. The van der Waals surface area contributed by atoms with Crippen molar-refractivity contribution in [3.05, 3.63) is 41.7 Å². The molecule has 2 saturated heterocycles. The van der Waals surface area contributed by atoms with E-state index < -0.39 is 11.7 Å². The highest BCUT2D eigenvalue weighted by molar-refractivity contribution is 6.05. The van der Waals surface area contributed by atoms with Gasteiger partial charge in [0.15, 0.2) is 11.5 Å². The van der Waals surface area contributed by atoms with Crippen LogP contribution in [0.25, 0.3) is 5.65 Å². The van der Waals surface area contributed by atoms with Crippen molar-refractivity contribution in [2.24, 2.45) is 0 Å². The molecule has 0 spiro atoms. The van der Waals surface area contributed by atoms with E-state index in [0.29, 0.717) is 36.0 Å². The van der Waals surface area contributed by atoms with Crippen molar-refractivity contribution in [1.29, 1.82) is 0 Å². The molecular weight excluding hydrogens is 413 g/mol. The third kappa shape index (κ3) is 3.97. The van der Waals surface area contributed by atoms with Gasteiger partial charge in [0.2, 0.25) is 11.8 Å². The second-order valence-corrected chi connectivity index (χ2v) is 8.34. The van der Waals surface area contributed by atoms with Gasteiger partial charge in [0.1, 0.15) is 5.56 Å². The number of pyridine rings is 1. The normalized spacial score (nSPS) is 20.4. The monoisotopic (exact) mass is 439 g/mol. The van der Waals surface area contributed by atoms with E-state index in [1.165, 1.54) is 18.7 Å². The molecule has 10 heteroatoms. The van der Waals surface area contributed by atoms with E-state index in [0.717, 1.165) is 25.9 Å². The minimum absolute atomic E-state index is 0.201. The van der Waals surface area contributed by atoms with Crippen molar-refractivity contribution in [2.75, 3.05) is 29.9 Å². The molecule has 2 N–H and O–H groups in total. The number of amides is 1. The van der Waals surface area contributed by atoms with Crippen LogP contribution in [0.5, 0.6) is 5.88 Å². The molecule has 1 amide bonds. The molecular formula is C22H26FN7O2. The van der Waals surface area contributed by atoms with Crippen molar-refractivity contribution in [3.63, 3.8) is 0 Å². The van der Waals surface area contributed by atoms with Crippen LogP contribution < -0.4 is 20.3 Å². The van der Waals surface area contributed by atoms with E-state index >= 15 is 0 Å². The lowest BCUT2D eigenvalue weighted by atomic mass is 10.1. The number of rotatable bonds is 5. The maximum absolute atomic E-state index is 14.4. The summed E-state index contributed by atoms with van der Waals surface area (Å²) in [4.78, 5) is 28.3. The fourth-order valence-corrected chi connectivity index (χ4v) is 4.48. The molecule has 0 saturated carbocycles. The van der Waals surface area contributed by atoms with Gasteiger partial charge < -0.3 is 24.7 Å². The van der Waals surface area contributed by atoms with Crippen LogP contribution in [0.4, 0.5) is 16.0 Å². The summed E-state index contributed by atoms with van der Waals surface area (Å²) in [5, 5.41) is 6.36. The molecule has 2 atom stereocenters. The van der Waals surface area contributed by atoms with Gasteiger partial charge in [0.25, 0.3) is 5.91 Å². The molecule has 2 bridgehead atoms. The van der Waals surface area contributed by atoms with E-state index in [9.17, 15) is 9.18 Å². The summed E-state index contributed by atoms with van der Waals surface area (Å²) in [7, 11) is 0. The van der Waals surface area contributed by atoms with E-state index in [1.54, 1.807) is 23.7 Å². The minimum Gasteiger partial charge on any atom is -0.477 e.